The van der Waals surface area contributed by atoms with Gasteiger partial charge in [0.1, 0.15) is 6.10 Å². The van der Waals surface area contributed by atoms with E-state index in [1.165, 1.54) is 21.1 Å². The van der Waals surface area contributed by atoms with Gasteiger partial charge in [-0.15, -0.1) is 0 Å². The molecule has 0 radical (unpaired) electrons. The Hall–Kier alpha value is 1.71. The minimum atomic E-state index is -5.04. The Morgan fingerprint density at radius 1 is 1.32 bits per heavy atom. The number of methoxy groups -OCH3 is 2. The molecule has 0 spiro atoms. The van der Waals surface area contributed by atoms with Crippen LogP contribution in [0, 0.1) is 0 Å². The van der Waals surface area contributed by atoms with E-state index in [2.05, 4.69) is 4.18 Å². The quantitative estimate of drug-likeness (QED) is 0.285. The first-order valence-electron chi connectivity index (χ1n) is 4.75. The molecule has 0 N–H and O–H groups in total. The Morgan fingerprint density at radius 2 is 1.84 bits per heavy atom. The first-order valence-corrected chi connectivity index (χ1v) is 6.08. The van der Waals surface area contributed by atoms with Gasteiger partial charge in [-0.2, -0.15) is 0 Å². The summed E-state index contributed by atoms with van der Waals surface area (Å²) in [7, 11) is -2.54. The van der Waals surface area contributed by atoms with Gasteiger partial charge in [-0.3, -0.25) is 4.18 Å². The van der Waals surface area contributed by atoms with E-state index in [1.807, 2.05) is 0 Å². The zero-order chi connectivity index (χ0) is 13.3. The van der Waals surface area contributed by atoms with Crippen LogP contribution in [-0.2, 0) is 28.8 Å². The summed E-state index contributed by atoms with van der Waals surface area (Å²) in [6, 6.07) is 0. The van der Waals surface area contributed by atoms with Gasteiger partial charge in [-0.05, 0) is 6.92 Å². The molecule has 0 aromatic heterocycles. The van der Waals surface area contributed by atoms with E-state index >= 15 is 0 Å². The summed E-state index contributed by atoms with van der Waals surface area (Å²) in [6.45, 7) is 1.24. The smallest absolute Gasteiger partial charge is 0.848 e. The molecule has 19 heavy (non-hydrogen) atoms. The maximum Gasteiger partial charge on any atom is 1.00 e. The van der Waals surface area contributed by atoms with Crippen molar-refractivity contribution in [2.24, 2.45) is 0 Å². The summed E-state index contributed by atoms with van der Waals surface area (Å²) in [5, 5.41) is 11.9. The van der Waals surface area contributed by atoms with Crippen molar-refractivity contribution >= 4 is 10.4 Å². The van der Waals surface area contributed by atoms with Crippen LogP contribution in [0.3, 0.4) is 0 Å². The molecule has 0 amide bonds. The van der Waals surface area contributed by atoms with E-state index in [0.29, 0.717) is 0 Å². The molecule has 1 heterocycles. The van der Waals surface area contributed by atoms with E-state index in [0.717, 1.165) is 0 Å². The van der Waals surface area contributed by atoms with Crippen molar-refractivity contribution in [3.05, 3.63) is 0 Å². The van der Waals surface area contributed by atoms with Crippen LogP contribution in [0.5, 0.6) is 0 Å². The average molecular weight is 316 g/mol. The van der Waals surface area contributed by atoms with E-state index in [-0.39, 0.29) is 65.7 Å². The van der Waals surface area contributed by atoms with Crippen LogP contribution >= 0.6 is 0 Å². The number of ether oxygens (including phenoxy) is 3. The Morgan fingerprint density at radius 3 is 2.21 bits per heavy atom. The summed E-state index contributed by atoms with van der Waals surface area (Å²) in [4.78, 5) is 0. The summed E-state index contributed by atoms with van der Waals surface area (Å²) >= 11 is 0. The average Bonchev–Trinajstić information content (AvgIpc) is 2.23. The van der Waals surface area contributed by atoms with Gasteiger partial charge < -0.3 is 23.9 Å². The molecule has 1 fully saturated rings. The van der Waals surface area contributed by atoms with Crippen molar-refractivity contribution in [3.8, 4) is 0 Å². The van der Waals surface area contributed by atoms with E-state index in [1.54, 1.807) is 0 Å². The normalized spacial score (nSPS) is 35.1. The molecule has 1 aliphatic rings. The number of hydrogen-bond acceptors (Lipinski definition) is 8. The molecule has 0 aromatic carbocycles. The largest absolute Gasteiger partial charge is 1.00 e. The molecule has 4 atom stereocenters. The van der Waals surface area contributed by atoms with Crippen molar-refractivity contribution in [3.63, 3.8) is 0 Å². The second-order valence-electron chi connectivity index (χ2n) is 3.69. The van der Waals surface area contributed by atoms with Gasteiger partial charge in [0.05, 0.1) is 12.7 Å². The molecule has 1 aliphatic heterocycles. The van der Waals surface area contributed by atoms with Crippen LogP contribution < -0.4 is 64.2 Å². The number of hydrogen-bond donors (Lipinski definition) is 0. The van der Waals surface area contributed by atoms with Crippen LogP contribution in [0.1, 0.15) is 6.92 Å². The molecular weight excluding hydrogens is 302 g/mol. The SMILES string of the molecule is COC1COC(C)(OC)C(OS(=O)(=O)[O-])C1[O-].[Na+].[Na+]. The van der Waals surface area contributed by atoms with Gasteiger partial charge in [-0.25, -0.2) is 8.42 Å². The van der Waals surface area contributed by atoms with Crippen molar-refractivity contribution in [1.82, 2.24) is 0 Å². The maximum atomic E-state index is 11.9. The minimum Gasteiger partial charge on any atom is -0.848 e. The van der Waals surface area contributed by atoms with Gasteiger partial charge in [-0.1, -0.05) is 6.10 Å². The van der Waals surface area contributed by atoms with Crippen LogP contribution in [0.2, 0.25) is 0 Å². The van der Waals surface area contributed by atoms with Crippen molar-refractivity contribution in [2.45, 2.75) is 31.0 Å². The second kappa shape index (κ2) is 8.99. The second-order valence-corrected chi connectivity index (χ2v) is 4.70. The molecule has 8 nitrogen and oxygen atoms in total. The Bertz CT molecular complexity index is 364. The summed E-state index contributed by atoms with van der Waals surface area (Å²) < 4.78 is 50.8. The van der Waals surface area contributed by atoms with Gasteiger partial charge in [0.2, 0.25) is 10.4 Å². The molecule has 1 saturated heterocycles. The predicted octanol–water partition coefficient (Wildman–Crippen LogP) is -8.02. The maximum absolute atomic E-state index is 11.9. The Balaban J connectivity index is 0. The molecule has 0 saturated carbocycles. The topological polar surface area (TPSA) is 117 Å². The van der Waals surface area contributed by atoms with Gasteiger partial charge in [0, 0.05) is 14.2 Å². The van der Waals surface area contributed by atoms with E-state index in [4.69, 9.17) is 14.2 Å². The fraction of sp³-hybridized carbons (Fsp3) is 1.00. The van der Waals surface area contributed by atoms with Crippen LogP contribution in [0.15, 0.2) is 0 Å². The molecule has 11 heteroatoms. The summed E-state index contributed by atoms with van der Waals surface area (Å²) in [5.41, 5.74) is 0. The third-order valence-electron chi connectivity index (χ3n) is 2.65. The van der Waals surface area contributed by atoms with Crippen molar-refractivity contribution in [1.29, 1.82) is 0 Å². The monoisotopic (exact) mass is 316 g/mol. The molecule has 0 aromatic rings. The van der Waals surface area contributed by atoms with Gasteiger partial charge in [0.15, 0.2) is 5.79 Å². The molecule has 0 aliphatic carbocycles. The predicted molar refractivity (Wildman–Crippen MR) is 50.5 cm³/mol. The Kier molecular flexibility index (Phi) is 10.9. The summed E-state index contributed by atoms with van der Waals surface area (Å²) in [5.74, 6) is -1.60. The fourth-order valence-corrected chi connectivity index (χ4v) is 2.10. The summed E-state index contributed by atoms with van der Waals surface area (Å²) in [6.07, 6.45) is -4.12. The zero-order valence-corrected chi connectivity index (χ0v) is 16.4. The van der Waals surface area contributed by atoms with E-state index in [9.17, 15) is 18.1 Å². The standard InChI is InChI=1S/C8H15O8S.2Na/c1-8(14-3)7(16-17(10,11)12)6(9)5(13-2)4-15-8;;/h5-7H,4H2,1-3H3,(H,10,11,12);;/q-1;2*+1/p-1. The van der Waals surface area contributed by atoms with Crippen LogP contribution in [0.25, 0.3) is 0 Å². The molecule has 0 bridgehead atoms. The third-order valence-corrected chi connectivity index (χ3v) is 3.09. The van der Waals surface area contributed by atoms with Gasteiger partial charge in [0.25, 0.3) is 0 Å². The minimum absolute atomic E-state index is 0. The molecule has 4 unspecified atom stereocenters. The van der Waals surface area contributed by atoms with E-state index < -0.39 is 34.5 Å². The first kappa shape index (κ1) is 23.0. The Labute approximate surface area is 156 Å². The molecule has 102 valence electrons. The van der Waals surface area contributed by atoms with Crippen LogP contribution in [-0.4, -0.2) is 57.9 Å². The fourth-order valence-electron chi connectivity index (χ4n) is 1.56. The number of rotatable bonds is 4. The zero-order valence-electron chi connectivity index (χ0n) is 11.6. The molecule has 1 rings (SSSR count). The molecular formula is C8H14Na2O8S. The van der Waals surface area contributed by atoms with Crippen LogP contribution in [0.4, 0.5) is 0 Å². The first-order chi connectivity index (χ1) is 7.73. The van der Waals surface area contributed by atoms with Crippen molar-refractivity contribution in [2.75, 3.05) is 20.8 Å². The van der Waals surface area contributed by atoms with Crippen molar-refractivity contribution < 1.29 is 95.6 Å². The third kappa shape index (κ3) is 6.15. The van der Waals surface area contributed by atoms with Gasteiger partial charge >= 0.3 is 59.1 Å².